The summed E-state index contributed by atoms with van der Waals surface area (Å²) in [6.07, 6.45) is 4.19. The third kappa shape index (κ3) is 2.55. The van der Waals surface area contributed by atoms with Gasteiger partial charge in [0.05, 0.1) is 11.7 Å². The minimum atomic E-state index is 0.111. The highest BCUT2D eigenvalue weighted by Crippen LogP contribution is 2.35. The fourth-order valence-corrected chi connectivity index (χ4v) is 2.41. The van der Waals surface area contributed by atoms with E-state index in [1.165, 1.54) is 11.8 Å². The molecule has 2 unspecified atom stereocenters. The molecule has 15 heavy (non-hydrogen) atoms. The lowest BCUT2D eigenvalue weighted by atomic mass is 9.92. The number of hydrogen-bond donors (Lipinski definition) is 1. The van der Waals surface area contributed by atoms with Gasteiger partial charge in [0.2, 0.25) is 0 Å². The van der Waals surface area contributed by atoms with E-state index in [4.69, 9.17) is 0 Å². The van der Waals surface area contributed by atoms with Gasteiger partial charge in [-0.05, 0) is 12.8 Å². The van der Waals surface area contributed by atoms with E-state index in [0.717, 1.165) is 18.5 Å². The molecule has 2 rings (SSSR count). The van der Waals surface area contributed by atoms with Gasteiger partial charge in [-0.3, -0.25) is 4.79 Å². The summed E-state index contributed by atoms with van der Waals surface area (Å²) >= 11 is 5.70. The smallest absolute Gasteiger partial charge is 0.186 e. The maximum absolute atomic E-state index is 10.8. The van der Waals surface area contributed by atoms with Gasteiger partial charge in [0, 0.05) is 24.1 Å². The third-order valence-electron chi connectivity index (χ3n) is 2.52. The van der Waals surface area contributed by atoms with Crippen LogP contribution in [-0.2, 0) is 10.5 Å². The molecular weight excluding hydrogens is 230 g/mol. The Morgan fingerprint density at radius 1 is 1.73 bits per heavy atom. The molecule has 1 aromatic rings. The lowest BCUT2D eigenvalue weighted by molar-refractivity contribution is -0.109. The summed E-state index contributed by atoms with van der Waals surface area (Å²) < 4.78 is 1.87. The molecule has 0 saturated heterocycles. The predicted octanol–water partition coefficient (Wildman–Crippen LogP) is 1.69. The Morgan fingerprint density at radius 3 is 3.07 bits per heavy atom. The van der Waals surface area contributed by atoms with E-state index in [1.807, 2.05) is 10.9 Å². The van der Waals surface area contributed by atoms with Crippen LogP contribution in [0.3, 0.4) is 0 Å². The first-order chi connectivity index (χ1) is 7.16. The summed E-state index contributed by atoms with van der Waals surface area (Å²) in [5.41, 5.74) is 0.864. The Labute approximate surface area is 98.2 Å². The maximum Gasteiger partial charge on any atom is 0.186 e. The average molecular weight is 243 g/mol. The second-order valence-electron chi connectivity index (χ2n) is 3.68. The molecule has 0 aromatic carbocycles. The lowest BCUT2D eigenvalue weighted by Gasteiger charge is -2.32. The van der Waals surface area contributed by atoms with E-state index in [0.29, 0.717) is 17.0 Å². The number of rotatable bonds is 3. The number of nitrogens with zero attached hydrogens (tertiary/aromatic N) is 3. The van der Waals surface area contributed by atoms with Crippen LogP contribution in [0.1, 0.15) is 31.5 Å². The van der Waals surface area contributed by atoms with Crippen LogP contribution < -0.4 is 0 Å². The Balaban J connectivity index is 1.95. The summed E-state index contributed by atoms with van der Waals surface area (Å²) in [4.78, 5) is 10.8. The standard InChI is InChI=1S/C9H13N3OS2/c1-6(13)15-5-7-4-12(11-10-7)8-2-3-9(8)14/h4,8-9,14H,2-3,5H2,1H3. The number of thiol groups is 1. The van der Waals surface area contributed by atoms with Crippen molar-refractivity contribution in [1.29, 1.82) is 0 Å². The quantitative estimate of drug-likeness (QED) is 0.821. The molecule has 0 radical (unpaired) electrons. The molecule has 0 amide bonds. The van der Waals surface area contributed by atoms with Crippen molar-refractivity contribution in [2.24, 2.45) is 0 Å². The SMILES string of the molecule is CC(=O)SCc1cn(C2CCC2S)nn1. The second-order valence-corrected chi connectivity index (χ2v) is 5.50. The van der Waals surface area contributed by atoms with E-state index in [-0.39, 0.29) is 5.12 Å². The number of carbonyl (C=O) groups is 1. The first-order valence-corrected chi connectivity index (χ1v) is 6.39. The van der Waals surface area contributed by atoms with Crippen LogP contribution in [0.2, 0.25) is 0 Å². The zero-order chi connectivity index (χ0) is 10.8. The molecule has 1 heterocycles. The van der Waals surface area contributed by atoms with Crippen LogP contribution in [0.5, 0.6) is 0 Å². The van der Waals surface area contributed by atoms with Crippen molar-refractivity contribution in [3.05, 3.63) is 11.9 Å². The van der Waals surface area contributed by atoms with Crippen molar-refractivity contribution in [2.75, 3.05) is 0 Å². The summed E-state index contributed by atoms with van der Waals surface area (Å²) in [6.45, 7) is 1.56. The largest absolute Gasteiger partial charge is 0.288 e. The van der Waals surface area contributed by atoms with E-state index in [9.17, 15) is 4.79 Å². The summed E-state index contributed by atoms with van der Waals surface area (Å²) in [5.74, 6) is 0.610. The first kappa shape index (κ1) is 11.0. The van der Waals surface area contributed by atoms with Gasteiger partial charge >= 0.3 is 0 Å². The molecule has 2 atom stereocenters. The molecule has 1 fully saturated rings. The van der Waals surface area contributed by atoms with Gasteiger partial charge in [-0.2, -0.15) is 12.6 Å². The molecule has 0 N–H and O–H groups in total. The van der Waals surface area contributed by atoms with Crippen molar-refractivity contribution >= 4 is 29.5 Å². The highest BCUT2D eigenvalue weighted by Gasteiger charge is 2.30. The zero-order valence-electron chi connectivity index (χ0n) is 8.46. The molecule has 4 nitrogen and oxygen atoms in total. The number of hydrogen-bond acceptors (Lipinski definition) is 5. The molecule has 0 bridgehead atoms. The molecule has 1 aromatic heterocycles. The van der Waals surface area contributed by atoms with Gasteiger partial charge in [0.15, 0.2) is 5.12 Å². The summed E-state index contributed by atoms with van der Waals surface area (Å²) in [7, 11) is 0. The van der Waals surface area contributed by atoms with Crippen LogP contribution in [0.25, 0.3) is 0 Å². The van der Waals surface area contributed by atoms with Crippen LogP contribution in [0, 0.1) is 0 Å². The van der Waals surface area contributed by atoms with Crippen molar-refractivity contribution in [3.63, 3.8) is 0 Å². The second kappa shape index (κ2) is 4.57. The molecule has 1 aliphatic rings. The predicted molar refractivity (Wildman–Crippen MR) is 63.0 cm³/mol. The van der Waals surface area contributed by atoms with Crippen LogP contribution in [0.15, 0.2) is 6.20 Å². The Kier molecular flexibility index (Phi) is 3.35. The molecule has 82 valence electrons. The van der Waals surface area contributed by atoms with Gasteiger partial charge in [-0.25, -0.2) is 4.68 Å². The Hall–Kier alpha value is -0.490. The van der Waals surface area contributed by atoms with Crippen LogP contribution in [0.4, 0.5) is 0 Å². The normalized spacial score (nSPS) is 24.9. The van der Waals surface area contributed by atoms with Crippen molar-refractivity contribution in [3.8, 4) is 0 Å². The van der Waals surface area contributed by atoms with Crippen molar-refractivity contribution < 1.29 is 4.79 Å². The number of thioether (sulfide) groups is 1. The van der Waals surface area contributed by atoms with E-state index in [2.05, 4.69) is 22.9 Å². The highest BCUT2D eigenvalue weighted by atomic mass is 32.2. The summed E-state index contributed by atoms with van der Waals surface area (Å²) in [5, 5.41) is 8.61. The number of carbonyl (C=O) groups excluding carboxylic acids is 1. The van der Waals surface area contributed by atoms with E-state index >= 15 is 0 Å². The van der Waals surface area contributed by atoms with Gasteiger partial charge < -0.3 is 0 Å². The molecule has 0 aliphatic heterocycles. The number of aromatic nitrogens is 3. The highest BCUT2D eigenvalue weighted by molar-refractivity contribution is 8.12. The fraction of sp³-hybridized carbons (Fsp3) is 0.667. The van der Waals surface area contributed by atoms with Gasteiger partial charge in [0.25, 0.3) is 0 Å². The molecule has 1 saturated carbocycles. The van der Waals surface area contributed by atoms with Gasteiger partial charge in [0.1, 0.15) is 0 Å². The lowest BCUT2D eigenvalue weighted by Crippen LogP contribution is -2.30. The minimum absolute atomic E-state index is 0.111. The molecule has 1 aliphatic carbocycles. The van der Waals surface area contributed by atoms with Crippen molar-refractivity contribution in [2.45, 2.75) is 36.8 Å². The maximum atomic E-state index is 10.8. The van der Waals surface area contributed by atoms with Gasteiger partial charge in [-0.15, -0.1) is 5.10 Å². The molecule has 0 spiro atoms. The third-order valence-corrected chi connectivity index (χ3v) is 3.97. The summed E-state index contributed by atoms with van der Waals surface area (Å²) in [6, 6.07) is 0.386. The van der Waals surface area contributed by atoms with Crippen molar-refractivity contribution in [1.82, 2.24) is 15.0 Å². The van der Waals surface area contributed by atoms with E-state index < -0.39 is 0 Å². The minimum Gasteiger partial charge on any atom is -0.288 e. The van der Waals surface area contributed by atoms with E-state index in [1.54, 1.807) is 6.92 Å². The Bertz CT molecular complexity index is 366. The molecular formula is C9H13N3OS2. The van der Waals surface area contributed by atoms with Gasteiger partial charge in [-0.1, -0.05) is 17.0 Å². The van der Waals surface area contributed by atoms with Crippen LogP contribution in [-0.4, -0.2) is 25.4 Å². The topological polar surface area (TPSA) is 47.8 Å². The average Bonchev–Trinajstić information content (AvgIpc) is 2.61. The van der Waals surface area contributed by atoms with Crippen LogP contribution >= 0.6 is 24.4 Å². The monoisotopic (exact) mass is 243 g/mol. The zero-order valence-corrected chi connectivity index (χ0v) is 10.2. The molecule has 6 heteroatoms. The fourth-order valence-electron chi connectivity index (χ4n) is 1.49. The first-order valence-electron chi connectivity index (χ1n) is 4.89. The Morgan fingerprint density at radius 2 is 2.53 bits per heavy atom.